The molecule has 1 aromatic heterocycles. The van der Waals surface area contributed by atoms with Crippen LogP contribution < -0.4 is 16.0 Å². The van der Waals surface area contributed by atoms with Crippen molar-refractivity contribution in [3.63, 3.8) is 0 Å². The molecular weight excluding hydrogens is 342 g/mol. The summed E-state index contributed by atoms with van der Waals surface area (Å²) in [6.45, 7) is 0. The van der Waals surface area contributed by atoms with Gasteiger partial charge in [0.2, 0.25) is 17.8 Å². The minimum atomic E-state index is -0.478. The number of hydrogen-bond acceptors (Lipinski definition) is 5. The van der Waals surface area contributed by atoms with Gasteiger partial charge < -0.3 is 16.0 Å². The summed E-state index contributed by atoms with van der Waals surface area (Å²) in [5.74, 6) is -0.0758. The van der Waals surface area contributed by atoms with Gasteiger partial charge in [0.15, 0.2) is 0 Å². The number of benzene rings is 2. The van der Waals surface area contributed by atoms with Gasteiger partial charge in [-0.3, -0.25) is 9.59 Å². The number of carbonyl (C=O) groups excluding carboxylic acids is 2. The van der Waals surface area contributed by atoms with Crippen LogP contribution in [0.2, 0.25) is 0 Å². The summed E-state index contributed by atoms with van der Waals surface area (Å²) >= 11 is 0. The number of anilines is 3. The molecular formula is C20H17N5O2. The van der Waals surface area contributed by atoms with Gasteiger partial charge in [-0.2, -0.15) is 0 Å². The predicted octanol–water partition coefficient (Wildman–Crippen LogP) is 2.50. The highest BCUT2D eigenvalue weighted by Crippen LogP contribution is 2.35. The van der Waals surface area contributed by atoms with E-state index in [4.69, 9.17) is 5.73 Å². The molecule has 2 amide bonds. The third-order valence-corrected chi connectivity index (χ3v) is 4.53. The van der Waals surface area contributed by atoms with Gasteiger partial charge in [-0.15, -0.1) is 0 Å². The Bertz CT molecular complexity index is 1050. The highest BCUT2D eigenvalue weighted by molar-refractivity contribution is 6.01. The van der Waals surface area contributed by atoms with E-state index in [0.29, 0.717) is 11.5 Å². The van der Waals surface area contributed by atoms with Gasteiger partial charge in [-0.1, -0.05) is 18.2 Å². The van der Waals surface area contributed by atoms with Crippen LogP contribution in [0.4, 0.5) is 17.3 Å². The molecule has 2 aromatic carbocycles. The van der Waals surface area contributed by atoms with Crippen molar-refractivity contribution in [1.82, 2.24) is 9.97 Å². The van der Waals surface area contributed by atoms with E-state index >= 15 is 0 Å². The Balaban J connectivity index is 1.72. The number of amides is 2. The van der Waals surface area contributed by atoms with Crippen molar-refractivity contribution in [1.29, 1.82) is 0 Å². The summed E-state index contributed by atoms with van der Waals surface area (Å²) in [6.07, 6.45) is 1.92. The Morgan fingerprint density at radius 3 is 2.63 bits per heavy atom. The number of aromatic nitrogens is 2. The molecule has 0 aliphatic carbocycles. The van der Waals surface area contributed by atoms with Crippen molar-refractivity contribution in [2.75, 3.05) is 17.3 Å². The summed E-state index contributed by atoms with van der Waals surface area (Å²) in [7, 11) is 1.76. The van der Waals surface area contributed by atoms with E-state index in [1.807, 2.05) is 24.3 Å². The first-order chi connectivity index (χ1) is 13.0. The van der Waals surface area contributed by atoms with Crippen molar-refractivity contribution < 1.29 is 9.59 Å². The molecule has 3 aromatic rings. The van der Waals surface area contributed by atoms with Crippen LogP contribution in [0.25, 0.3) is 11.3 Å². The van der Waals surface area contributed by atoms with Gasteiger partial charge in [-0.05, 0) is 30.3 Å². The van der Waals surface area contributed by atoms with E-state index in [9.17, 15) is 9.59 Å². The molecule has 0 atom stereocenters. The predicted molar refractivity (Wildman–Crippen MR) is 103 cm³/mol. The second-order valence-corrected chi connectivity index (χ2v) is 6.28. The number of nitrogens with one attached hydrogen (secondary N) is 1. The third-order valence-electron chi connectivity index (χ3n) is 4.53. The maximum Gasteiger partial charge on any atom is 0.248 e. The Morgan fingerprint density at radius 2 is 1.89 bits per heavy atom. The summed E-state index contributed by atoms with van der Waals surface area (Å²) in [4.78, 5) is 34.2. The quantitative estimate of drug-likeness (QED) is 0.748. The number of carbonyl (C=O) groups is 2. The molecule has 0 saturated heterocycles. The Hall–Kier alpha value is -3.74. The van der Waals surface area contributed by atoms with Gasteiger partial charge in [0, 0.05) is 35.6 Å². The van der Waals surface area contributed by atoms with Crippen LogP contribution in [0.15, 0.2) is 54.7 Å². The van der Waals surface area contributed by atoms with Crippen molar-refractivity contribution in [3.8, 4) is 11.3 Å². The zero-order chi connectivity index (χ0) is 19.0. The Kier molecular flexibility index (Phi) is 4.04. The maximum atomic E-state index is 12.4. The Labute approximate surface area is 155 Å². The maximum absolute atomic E-state index is 12.4. The van der Waals surface area contributed by atoms with Crippen molar-refractivity contribution in [3.05, 3.63) is 65.9 Å². The van der Waals surface area contributed by atoms with Gasteiger partial charge in [0.25, 0.3) is 0 Å². The minimum absolute atomic E-state index is 0.00690. The molecule has 7 heteroatoms. The molecule has 1 aliphatic rings. The highest BCUT2D eigenvalue weighted by Gasteiger charge is 2.24. The van der Waals surface area contributed by atoms with Crippen LogP contribution in [0.5, 0.6) is 0 Å². The fourth-order valence-corrected chi connectivity index (χ4v) is 3.06. The number of para-hydroxylation sites is 1. The lowest BCUT2D eigenvalue weighted by Gasteiger charge is -2.16. The smallest absolute Gasteiger partial charge is 0.248 e. The second kappa shape index (κ2) is 6.53. The minimum Gasteiger partial charge on any atom is -0.366 e. The fraction of sp³-hybridized carbons (Fsp3) is 0.100. The average molecular weight is 359 g/mol. The molecule has 27 heavy (non-hydrogen) atoms. The normalized spacial score (nSPS) is 12.8. The summed E-state index contributed by atoms with van der Waals surface area (Å²) in [5, 5.41) is 3.12. The van der Waals surface area contributed by atoms with E-state index < -0.39 is 5.91 Å². The van der Waals surface area contributed by atoms with Gasteiger partial charge in [0.05, 0.1) is 17.8 Å². The second-order valence-electron chi connectivity index (χ2n) is 6.28. The molecule has 7 nitrogen and oxygen atoms in total. The molecule has 0 fully saturated rings. The number of likely N-dealkylation sites (N-methyl/N-ethyl adjacent to an activating group) is 1. The van der Waals surface area contributed by atoms with E-state index in [0.717, 1.165) is 28.2 Å². The molecule has 0 unspecified atom stereocenters. The first-order valence-electron chi connectivity index (χ1n) is 8.41. The Morgan fingerprint density at radius 1 is 1.15 bits per heavy atom. The van der Waals surface area contributed by atoms with E-state index in [1.54, 1.807) is 42.4 Å². The van der Waals surface area contributed by atoms with E-state index in [-0.39, 0.29) is 12.3 Å². The molecule has 0 saturated carbocycles. The van der Waals surface area contributed by atoms with Crippen molar-refractivity contribution in [2.24, 2.45) is 5.73 Å². The third kappa shape index (κ3) is 3.10. The lowest BCUT2D eigenvalue weighted by molar-refractivity contribution is -0.117. The van der Waals surface area contributed by atoms with Crippen LogP contribution in [0.3, 0.4) is 0 Å². The largest absolute Gasteiger partial charge is 0.366 e. The first kappa shape index (κ1) is 16.7. The SMILES string of the molecule is CN1C(=O)Cc2cnc(Nc3ccc(C(N)=O)cc3)nc2-c2ccccc21. The van der Waals surface area contributed by atoms with Gasteiger partial charge >= 0.3 is 0 Å². The van der Waals surface area contributed by atoms with Gasteiger partial charge in [-0.25, -0.2) is 9.97 Å². The summed E-state index contributed by atoms with van der Waals surface area (Å²) in [6, 6.07) is 14.4. The lowest BCUT2D eigenvalue weighted by Crippen LogP contribution is -2.26. The number of nitrogens with two attached hydrogens (primary N) is 1. The van der Waals surface area contributed by atoms with Crippen LogP contribution in [-0.4, -0.2) is 28.8 Å². The van der Waals surface area contributed by atoms with Crippen LogP contribution >= 0.6 is 0 Å². The molecule has 0 radical (unpaired) electrons. The van der Waals surface area contributed by atoms with Gasteiger partial charge in [0.1, 0.15) is 0 Å². The van der Waals surface area contributed by atoms with E-state index in [1.165, 1.54) is 0 Å². The standard InChI is InChI=1S/C20H17N5O2/c1-25-16-5-3-2-4-15(16)18-13(10-17(25)26)11-22-20(24-18)23-14-8-6-12(7-9-14)19(21)27/h2-9,11H,10H2,1H3,(H2,21,27)(H,22,23,24). The van der Waals surface area contributed by atoms with Crippen LogP contribution in [0, 0.1) is 0 Å². The van der Waals surface area contributed by atoms with Crippen LogP contribution in [-0.2, 0) is 11.2 Å². The molecule has 2 heterocycles. The molecule has 4 rings (SSSR count). The molecule has 3 N–H and O–H groups in total. The monoisotopic (exact) mass is 359 g/mol. The first-order valence-corrected chi connectivity index (χ1v) is 8.41. The van der Waals surface area contributed by atoms with Crippen molar-refractivity contribution >= 4 is 29.1 Å². The molecule has 1 aliphatic heterocycles. The summed E-state index contributed by atoms with van der Waals surface area (Å²) in [5.41, 5.74) is 9.64. The topological polar surface area (TPSA) is 101 Å². The lowest BCUT2D eigenvalue weighted by atomic mass is 10.1. The fourth-order valence-electron chi connectivity index (χ4n) is 3.06. The van der Waals surface area contributed by atoms with Crippen LogP contribution in [0.1, 0.15) is 15.9 Å². The van der Waals surface area contributed by atoms with Crippen molar-refractivity contribution in [2.45, 2.75) is 6.42 Å². The average Bonchev–Trinajstić information content (AvgIpc) is 2.78. The molecule has 134 valence electrons. The highest BCUT2D eigenvalue weighted by atomic mass is 16.2. The number of nitrogens with zero attached hydrogens (tertiary/aromatic N) is 3. The molecule has 0 bridgehead atoms. The number of rotatable bonds is 3. The van der Waals surface area contributed by atoms with E-state index in [2.05, 4.69) is 15.3 Å². The zero-order valence-corrected chi connectivity index (χ0v) is 14.6. The summed E-state index contributed by atoms with van der Waals surface area (Å²) < 4.78 is 0. The zero-order valence-electron chi connectivity index (χ0n) is 14.6. The number of primary amides is 1. The molecule has 0 spiro atoms. The number of fused-ring (bicyclic) bond motifs is 3. The number of hydrogen-bond donors (Lipinski definition) is 2.